The summed E-state index contributed by atoms with van der Waals surface area (Å²) < 4.78 is 2.17. The molecule has 142 valence electrons. The van der Waals surface area contributed by atoms with Gasteiger partial charge >= 0.3 is 0 Å². The maximum absolute atomic E-state index is 13.2. The van der Waals surface area contributed by atoms with Gasteiger partial charge in [-0.05, 0) is 53.5 Å². The number of hydrogen-bond donors (Lipinski definition) is 0. The molecule has 0 aromatic carbocycles. The lowest BCUT2D eigenvalue weighted by Crippen LogP contribution is -2.48. The predicted octanol–water partition coefficient (Wildman–Crippen LogP) is 3.15. The van der Waals surface area contributed by atoms with Gasteiger partial charge in [0.2, 0.25) is 5.91 Å². The summed E-state index contributed by atoms with van der Waals surface area (Å²) >= 11 is 0. The molecule has 3 saturated heterocycles. The van der Waals surface area contributed by atoms with Crippen molar-refractivity contribution in [3.63, 3.8) is 0 Å². The van der Waals surface area contributed by atoms with Gasteiger partial charge in [0.1, 0.15) is 0 Å². The lowest BCUT2D eigenvalue weighted by Gasteiger charge is -2.35. The molecular weight excluding hydrogens is 326 g/mol. The number of aryl methyl sites for hydroxylation is 1. The highest BCUT2D eigenvalue weighted by molar-refractivity contribution is 5.96. The largest absolute Gasteiger partial charge is 0.349 e. The van der Waals surface area contributed by atoms with Crippen LogP contribution in [0.4, 0.5) is 0 Å². The quantitative estimate of drug-likeness (QED) is 0.777. The number of carbonyl (C=O) groups excluding carboxylic acids is 2. The maximum atomic E-state index is 13.2. The van der Waals surface area contributed by atoms with Crippen LogP contribution in [0.5, 0.6) is 0 Å². The van der Waals surface area contributed by atoms with Crippen LogP contribution in [0.15, 0.2) is 17.7 Å². The third kappa shape index (κ3) is 3.31. The highest BCUT2D eigenvalue weighted by atomic mass is 16.2. The Labute approximate surface area is 156 Å². The van der Waals surface area contributed by atoms with Crippen LogP contribution in [-0.4, -0.2) is 51.9 Å². The standard InChI is InChI=1S/C21H31N3O2/c1-6-23-15(4)11-19(16(23)5)21(26)22-12-17-7-8-18(13-22)24(20(17)25)10-9-14(2)3/h9,11,17-18H,6-8,10,12-13H2,1-5H3/t17-,18+/m1/s1. The van der Waals surface area contributed by atoms with E-state index in [-0.39, 0.29) is 23.8 Å². The Bertz CT molecular complexity index is 743. The third-order valence-electron chi connectivity index (χ3n) is 5.90. The second kappa shape index (κ2) is 7.29. The third-order valence-corrected chi connectivity index (χ3v) is 5.90. The predicted molar refractivity (Wildman–Crippen MR) is 103 cm³/mol. The van der Waals surface area contributed by atoms with E-state index in [0.717, 1.165) is 36.3 Å². The molecule has 0 unspecified atom stereocenters. The fourth-order valence-corrected chi connectivity index (χ4v) is 4.40. The molecule has 0 aliphatic carbocycles. The number of hydrogen-bond acceptors (Lipinski definition) is 2. The molecule has 26 heavy (non-hydrogen) atoms. The number of fused-ring (bicyclic) bond motifs is 4. The van der Waals surface area contributed by atoms with Crippen LogP contribution in [0, 0.1) is 19.8 Å². The minimum Gasteiger partial charge on any atom is -0.349 e. The van der Waals surface area contributed by atoms with Crippen LogP contribution >= 0.6 is 0 Å². The molecule has 1 aromatic heterocycles. The number of aromatic nitrogens is 1. The molecule has 3 fully saturated rings. The van der Waals surface area contributed by atoms with E-state index in [1.165, 1.54) is 5.57 Å². The van der Waals surface area contributed by atoms with E-state index >= 15 is 0 Å². The van der Waals surface area contributed by atoms with E-state index in [9.17, 15) is 9.59 Å². The van der Waals surface area contributed by atoms with Crippen molar-refractivity contribution < 1.29 is 9.59 Å². The van der Waals surface area contributed by atoms with Gasteiger partial charge in [0.05, 0.1) is 11.5 Å². The molecule has 0 radical (unpaired) electrons. The Kier molecular flexibility index (Phi) is 5.26. The smallest absolute Gasteiger partial charge is 0.255 e. The van der Waals surface area contributed by atoms with Gasteiger partial charge < -0.3 is 14.4 Å². The van der Waals surface area contributed by atoms with Crippen molar-refractivity contribution in [3.05, 3.63) is 34.7 Å². The number of nitrogens with zero attached hydrogens (tertiary/aromatic N) is 3. The van der Waals surface area contributed by atoms with E-state index in [0.29, 0.717) is 19.6 Å². The molecular formula is C21H31N3O2. The summed E-state index contributed by atoms with van der Waals surface area (Å²) in [6, 6.07) is 2.13. The molecule has 0 spiro atoms. The average molecular weight is 357 g/mol. The number of allylic oxidation sites excluding steroid dienone is 1. The van der Waals surface area contributed by atoms with E-state index in [4.69, 9.17) is 0 Å². The van der Waals surface area contributed by atoms with Gasteiger partial charge in [-0.1, -0.05) is 11.6 Å². The Morgan fingerprint density at radius 1 is 1.23 bits per heavy atom. The molecule has 2 amide bonds. The lowest BCUT2D eigenvalue weighted by molar-refractivity contribution is -0.139. The zero-order valence-corrected chi connectivity index (χ0v) is 16.7. The summed E-state index contributed by atoms with van der Waals surface area (Å²) in [6.45, 7) is 13.0. The first-order valence-electron chi connectivity index (χ1n) is 9.73. The summed E-state index contributed by atoms with van der Waals surface area (Å²) in [7, 11) is 0. The van der Waals surface area contributed by atoms with E-state index in [1.807, 2.05) is 29.7 Å². The van der Waals surface area contributed by atoms with Crippen molar-refractivity contribution in [3.8, 4) is 0 Å². The number of rotatable bonds is 4. The van der Waals surface area contributed by atoms with Gasteiger partial charge in [-0.3, -0.25) is 9.59 Å². The van der Waals surface area contributed by atoms with Crippen LogP contribution in [-0.2, 0) is 11.3 Å². The first-order valence-corrected chi connectivity index (χ1v) is 9.73. The second-order valence-corrected chi connectivity index (χ2v) is 7.94. The first kappa shape index (κ1) is 18.7. The highest BCUT2D eigenvalue weighted by Crippen LogP contribution is 2.30. The zero-order chi connectivity index (χ0) is 19.0. The van der Waals surface area contributed by atoms with Crippen LogP contribution in [0.1, 0.15) is 55.4 Å². The van der Waals surface area contributed by atoms with Gasteiger partial charge in [0.15, 0.2) is 0 Å². The molecule has 0 N–H and O–H groups in total. The van der Waals surface area contributed by atoms with Crippen molar-refractivity contribution in [2.45, 2.75) is 60.0 Å². The van der Waals surface area contributed by atoms with Gasteiger partial charge in [-0.25, -0.2) is 0 Å². The zero-order valence-electron chi connectivity index (χ0n) is 16.7. The molecule has 4 heterocycles. The van der Waals surface area contributed by atoms with E-state index in [1.54, 1.807) is 0 Å². The van der Waals surface area contributed by atoms with Crippen molar-refractivity contribution in [1.82, 2.24) is 14.4 Å². The summed E-state index contributed by atoms with van der Waals surface area (Å²) in [6.07, 6.45) is 4.00. The molecule has 3 aliphatic rings. The number of carbonyl (C=O) groups is 2. The van der Waals surface area contributed by atoms with Crippen LogP contribution in [0.3, 0.4) is 0 Å². The minimum atomic E-state index is -0.0575. The molecule has 3 aliphatic heterocycles. The Morgan fingerprint density at radius 3 is 2.58 bits per heavy atom. The topological polar surface area (TPSA) is 45.6 Å². The molecule has 4 rings (SSSR count). The molecule has 5 nitrogen and oxygen atoms in total. The molecule has 1 aromatic rings. The van der Waals surface area contributed by atoms with Crippen LogP contribution in [0.25, 0.3) is 0 Å². The Balaban J connectivity index is 1.84. The number of amides is 2. The fourth-order valence-electron chi connectivity index (χ4n) is 4.40. The van der Waals surface area contributed by atoms with E-state index < -0.39 is 0 Å². The van der Waals surface area contributed by atoms with Crippen molar-refractivity contribution in [2.75, 3.05) is 19.6 Å². The van der Waals surface area contributed by atoms with Gasteiger partial charge in [-0.15, -0.1) is 0 Å². The molecule has 0 saturated carbocycles. The second-order valence-electron chi connectivity index (χ2n) is 7.94. The normalized spacial score (nSPS) is 22.6. The van der Waals surface area contributed by atoms with Crippen molar-refractivity contribution in [2.24, 2.45) is 5.92 Å². The van der Waals surface area contributed by atoms with Crippen molar-refractivity contribution >= 4 is 11.8 Å². The van der Waals surface area contributed by atoms with E-state index in [2.05, 4.69) is 31.4 Å². The highest BCUT2D eigenvalue weighted by Gasteiger charge is 2.41. The average Bonchev–Trinajstić information content (AvgIpc) is 2.75. The summed E-state index contributed by atoms with van der Waals surface area (Å²) in [5, 5.41) is 0. The monoisotopic (exact) mass is 357 g/mol. The molecule has 2 atom stereocenters. The summed E-state index contributed by atoms with van der Waals surface area (Å²) in [4.78, 5) is 30.0. The van der Waals surface area contributed by atoms with Gasteiger partial charge in [0, 0.05) is 43.6 Å². The number of piperidine rings is 1. The first-order chi connectivity index (χ1) is 12.3. The minimum absolute atomic E-state index is 0.0575. The summed E-state index contributed by atoms with van der Waals surface area (Å²) in [5.74, 6) is 0.234. The molecule has 5 heteroatoms. The molecule has 2 bridgehead atoms. The van der Waals surface area contributed by atoms with Gasteiger partial charge in [-0.2, -0.15) is 0 Å². The van der Waals surface area contributed by atoms with Gasteiger partial charge in [0.25, 0.3) is 5.91 Å². The fraction of sp³-hybridized carbons (Fsp3) is 0.619. The Morgan fingerprint density at radius 2 is 1.96 bits per heavy atom. The maximum Gasteiger partial charge on any atom is 0.255 e. The SMILES string of the molecule is CCn1c(C)cc(C(=O)N2C[C@H]3CC[C@@H](C2)N(CC=C(C)C)C3=O)c1C. The van der Waals surface area contributed by atoms with Crippen LogP contribution < -0.4 is 0 Å². The lowest BCUT2D eigenvalue weighted by atomic mass is 9.94. The van der Waals surface area contributed by atoms with Crippen LogP contribution in [0.2, 0.25) is 0 Å². The summed E-state index contributed by atoms with van der Waals surface area (Å²) in [5.41, 5.74) is 4.15. The Hall–Kier alpha value is -2.04. The van der Waals surface area contributed by atoms with Crippen molar-refractivity contribution in [1.29, 1.82) is 0 Å².